The highest BCUT2D eigenvalue weighted by Crippen LogP contribution is 2.39. The zero-order valence-corrected chi connectivity index (χ0v) is 12.9. The molecule has 1 saturated carbocycles. The fourth-order valence-electron chi connectivity index (χ4n) is 4.02. The Hall–Kier alpha value is -1.98. The minimum absolute atomic E-state index is 0.162. The quantitative estimate of drug-likeness (QED) is 0.836. The minimum atomic E-state index is -0.492. The highest BCUT2D eigenvalue weighted by Gasteiger charge is 2.45. The predicted octanol–water partition coefficient (Wildman–Crippen LogP) is 1.84. The number of hydrogen-bond acceptors (Lipinski definition) is 3. The number of likely N-dealkylation sites (tertiary alicyclic amines) is 2. The average Bonchev–Trinajstić information content (AvgIpc) is 3.38. The van der Waals surface area contributed by atoms with Gasteiger partial charge in [0.25, 0.3) is 5.91 Å². The van der Waals surface area contributed by atoms with Gasteiger partial charge in [0.1, 0.15) is 5.82 Å². The van der Waals surface area contributed by atoms with E-state index in [2.05, 4.69) is 9.88 Å². The Morgan fingerprint density at radius 2 is 2.04 bits per heavy atom. The molecule has 0 radical (unpaired) electrons. The average molecular weight is 317 g/mol. The third-order valence-electron chi connectivity index (χ3n) is 5.25. The zero-order chi connectivity index (χ0) is 16.0. The monoisotopic (exact) mass is 317 g/mol. The number of aromatic nitrogens is 1. The van der Waals surface area contributed by atoms with E-state index < -0.39 is 5.82 Å². The summed E-state index contributed by atoms with van der Waals surface area (Å²) in [4.78, 5) is 32.4. The summed E-state index contributed by atoms with van der Waals surface area (Å²) < 4.78 is 13.3. The number of hydrogen-bond donors (Lipinski definition) is 0. The van der Waals surface area contributed by atoms with Crippen LogP contribution in [0, 0.1) is 11.7 Å². The summed E-state index contributed by atoms with van der Waals surface area (Å²) >= 11 is 0. The van der Waals surface area contributed by atoms with Crippen molar-refractivity contribution in [3.05, 3.63) is 29.8 Å². The van der Waals surface area contributed by atoms with Crippen molar-refractivity contribution in [1.29, 1.82) is 0 Å². The van der Waals surface area contributed by atoms with Crippen LogP contribution >= 0.6 is 0 Å². The van der Waals surface area contributed by atoms with Gasteiger partial charge < -0.3 is 9.80 Å². The van der Waals surface area contributed by atoms with Gasteiger partial charge in [-0.25, -0.2) is 4.39 Å². The molecule has 0 N–H and O–H groups in total. The summed E-state index contributed by atoms with van der Waals surface area (Å²) in [7, 11) is 0. The summed E-state index contributed by atoms with van der Waals surface area (Å²) in [6, 6.07) is 1.95. The molecule has 2 amide bonds. The van der Waals surface area contributed by atoms with Crippen molar-refractivity contribution < 1.29 is 14.0 Å². The standard InChI is InChI=1S/C17H20FN3O2/c18-13-7-12(8-19-9-13)17(23)20-6-5-15-11(10-20)1-4-16(22)21(15)14-2-3-14/h7-9,11,14-15H,1-6,10H2/t11-,15+/m1/s1. The molecule has 23 heavy (non-hydrogen) atoms. The lowest BCUT2D eigenvalue weighted by atomic mass is 9.83. The van der Waals surface area contributed by atoms with Gasteiger partial charge in [-0.3, -0.25) is 14.6 Å². The largest absolute Gasteiger partial charge is 0.338 e. The smallest absolute Gasteiger partial charge is 0.255 e. The molecule has 3 heterocycles. The van der Waals surface area contributed by atoms with Crippen molar-refractivity contribution in [1.82, 2.24) is 14.8 Å². The van der Waals surface area contributed by atoms with Crippen molar-refractivity contribution in [2.24, 2.45) is 5.92 Å². The van der Waals surface area contributed by atoms with E-state index in [0.717, 1.165) is 31.9 Å². The van der Waals surface area contributed by atoms with Gasteiger partial charge >= 0.3 is 0 Å². The van der Waals surface area contributed by atoms with Gasteiger partial charge in [0.2, 0.25) is 5.91 Å². The highest BCUT2D eigenvalue weighted by molar-refractivity contribution is 5.94. The van der Waals surface area contributed by atoms with Crippen LogP contribution in [-0.2, 0) is 4.79 Å². The number of carbonyl (C=O) groups excluding carboxylic acids is 2. The molecule has 0 unspecified atom stereocenters. The number of amides is 2. The van der Waals surface area contributed by atoms with E-state index in [-0.39, 0.29) is 17.9 Å². The molecule has 4 rings (SSSR count). The van der Waals surface area contributed by atoms with Crippen LogP contribution in [0.1, 0.15) is 42.5 Å². The SMILES string of the molecule is O=C(c1cncc(F)c1)N1CC[C@H]2[C@H](CCC(=O)N2C2CC2)C1. The van der Waals surface area contributed by atoms with Gasteiger partial charge in [-0.15, -0.1) is 0 Å². The van der Waals surface area contributed by atoms with Crippen molar-refractivity contribution >= 4 is 11.8 Å². The van der Waals surface area contributed by atoms with E-state index in [1.165, 1.54) is 12.3 Å². The van der Waals surface area contributed by atoms with Gasteiger partial charge in [0.05, 0.1) is 11.8 Å². The molecule has 5 nitrogen and oxygen atoms in total. The lowest BCUT2D eigenvalue weighted by Gasteiger charge is -2.47. The number of fused-ring (bicyclic) bond motifs is 1. The fraction of sp³-hybridized carbons (Fsp3) is 0.588. The van der Waals surface area contributed by atoms with Crippen LogP contribution in [0.15, 0.2) is 18.5 Å². The van der Waals surface area contributed by atoms with E-state index in [4.69, 9.17) is 0 Å². The van der Waals surface area contributed by atoms with Crippen LogP contribution in [0.2, 0.25) is 0 Å². The summed E-state index contributed by atoms with van der Waals surface area (Å²) in [5, 5.41) is 0. The lowest BCUT2D eigenvalue weighted by Crippen LogP contribution is -2.57. The second-order valence-electron chi connectivity index (χ2n) is 6.83. The number of rotatable bonds is 2. The number of halogens is 1. The predicted molar refractivity (Wildman–Crippen MR) is 81.1 cm³/mol. The van der Waals surface area contributed by atoms with Crippen LogP contribution in [0.4, 0.5) is 4.39 Å². The summed E-state index contributed by atoms with van der Waals surface area (Å²) in [5.74, 6) is -0.0328. The second-order valence-corrected chi connectivity index (χ2v) is 6.83. The Morgan fingerprint density at radius 1 is 1.22 bits per heavy atom. The third kappa shape index (κ3) is 2.71. The maximum absolute atomic E-state index is 13.3. The molecule has 2 atom stereocenters. The summed E-state index contributed by atoms with van der Waals surface area (Å²) in [6.07, 6.45) is 7.00. The number of nitrogens with zero attached hydrogens (tertiary/aromatic N) is 3. The summed E-state index contributed by atoms with van der Waals surface area (Å²) in [5.41, 5.74) is 0.300. The normalized spacial score (nSPS) is 27.8. The Balaban J connectivity index is 1.48. The third-order valence-corrected chi connectivity index (χ3v) is 5.25. The van der Waals surface area contributed by atoms with Gasteiger partial charge in [0.15, 0.2) is 0 Å². The van der Waals surface area contributed by atoms with Crippen molar-refractivity contribution in [3.8, 4) is 0 Å². The van der Waals surface area contributed by atoms with E-state index in [9.17, 15) is 14.0 Å². The molecule has 1 aliphatic carbocycles. The molecule has 2 aliphatic heterocycles. The molecule has 3 aliphatic rings. The highest BCUT2D eigenvalue weighted by atomic mass is 19.1. The molecule has 0 spiro atoms. The van der Waals surface area contributed by atoms with Gasteiger partial charge in [-0.1, -0.05) is 0 Å². The first-order valence-electron chi connectivity index (χ1n) is 8.34. The fourth-order valence-corrected chi connectivity index (χ4v) is 4.02. The Labute approximate surface area is 134 Å². The molecular formula is C17H20FN3O2. The Morgan fingerprint density at radius 3 is 2.78 bits per heavy atom. The molecule has 1 aromatic rings. The molecule has 6 heteroatoms. The molecule has 3 fully saturated rings. The summed E-state index contributed by atoms with van der Waals surface area (Å²) in [6.45, 7) is 1.27. The zero-order valence-electron chi connectivity index (χ0n) is 12.9. The molecule has 122 valence electrons. The first-order valence-corrected chi connectivity index (χ1v) is 8.34. The van der Waals surface area contributed by atoms with Crippen LogP contribution < -0.4 is 0 Å². The lowest BCUT2D eigenvalue weighted by molar-refractivity contribution is -0.141. The molecule has 1 aromatic heterocycles. The maximum atomic E-state index is 13.3. The van der Waals surface area contributed by atoms with E-state index in [1.54, 1.807) is 4.90 Å². The Bertz CT molecular complexity index is 646. The first-order chi connectivity index (χ1) is 11.1. The van der Waals surface area contributed by atoms with Crippen molar-refractivity contribution in [2.75, 3.05) is 13.1 Å². The van der Waals surface area contributed by atoms with Crippen LogP contribution in [0.3, 0.4) is 0 Å². The van der Waals surface area contributed by atoms with Gasteiger partial charge in [0, 0.05) is 37.8 Å². The topological polar surface area (TPSA) is 53.5 Å². The van der Waals surface area contributed by atoms with E-state index >= 15 is 0 Å². The first kappa shape index (κ1) is 14.6. The van der Waals surface area contributed by atoms with Crippen molar-refractivity contribution in [2.45, 2.75) is 44.2 Å². The maximum Gasteiger partial charge on any atom is 0.255 e. The van der Waals surface area contributed by atoms with Crippen molar-refractivity contribution in [3.63, 3.8) is 0 Å². The molecule has 2 saturated heterocycles. The van der Waals surface area contributed by atoms with Crippen LogP contribution in [0.25, 0.3) is 0 Å². The number of piperidine rings is 2. The number of carbonyl (C=O) groups is 2. The van der Waals surface area contributed by atoms with Crippen LogP contribution in [-0.4, -0.2) is 51.8 Å². The van der Waals surface area contributed by atoms with E-state index in [0.29, 0.717) is 37.0 Å². The molecule has 0 bridgehead atoms. The Kier molecular flexibility index (Phi) is 3.54. The van der Waals surface area contributed by atoms with E-state index in [1.807, 2.05) is 0 Å². The second kappa shape index (κ2) is 5.58. The van der Waals surface area contributed by atoms with Gasteiger partial charge in [-0.2, -0.15) is 0 Å². The minimum Gasteiger partial charge on any atom is -0.338 e. The molecular weight excluding hydrogens is 297 g/mol. The van der Waals surface area contributed by atoms with Crippen LogP contribution in [0.5, 0.6) is 0 Å². The number of pyridine rings is 1. The van der Waals surface area contributed by atoms with Gasteiger partial charge in [-0.05, 0) is 37.7 Å². The molecule has 0 aromatic carbocycles.